The Balaban J connectivity index is 0. The van der Waals surface area contributed by atoms with Crippen molar-refractivity contribution >= 4 is 0 Å². The van der Waals surface area contributed by atoms with E-state index in [2.05, 4.69) is 4.98 Å². The van der Waals surface area contributed by atoms with Crippen LogP contribution in [0.15, 0.2) is 18.3 Å². The van der Waals surface area contributed by atoms with Gasteiger partial charge >= 0.3 is 0 Å². The molecule has 0 aliphatic heterocycles. The maximum absolute atomic E-state index is 4.86. The fourth-order valence-corrected chi connectivity index (χ4v) is 0.575. The Morgan fingerprint density at radius 1 is 1.36 bits per heavy atom. The number of nitrogens with zero attached hydrogens (tertiary/aromatic N) is 1. The van der Waals surface area contributed by atoms with E-state index in [0.717, 1.165) is 5.56 Å². The van der Waals surface area contributed by atoms with Crippen LogP contribution in [0.4, 0.5) is 0 Å². The van der Waals surface area contributed by atoms with Crippen LogP contribution >= 0.6 is 0 Å². The van der Waals surface area contributed by atoms with Gasteiger partial charge in [-0.15, -0.1) is 0 Å². The van der Waals surface area contributed by atoms with E-state index in [1.807, 2.05) is 19.1 Å². The van der Waals surface area contributed by atoms with Gasteiger partial charge in [0.15, 0.2) is 0 Å². The number of hydrogen-bond acceptors (Lipinski definition) is 2. The van der Waals surface area contributed by atoms with Crippen LogP contribution in [0.3, 0.4) is 0 Å². The number of methoxy groups -OCH3 is 1. The molecule has 0 saturated heterocycles. The van der Waals surface area contributed by atoms with Crippen LogP contribution in [0.1, 0.15) is 5.56 Å². The number of pyridine rings is 1. The molecule has 0 aliphatic carbocycles. The quantitative estimate of drug-likeness (QED) is 0.629. The zero-order chi connectivity index (χ0) is 6.69. The zero-order valence-electron chi connectivity index (χ0n) is 7.03. The summed E-state index contributed by atoms with van der Waals surface area (Å²) in [5, 5.41) is 0. The molecule has 61 valence electrons. The number of aromatic nitrogens is 1. The second kappa shape index (κ2) is 6.26. The summed E-state index contributed by atoms with van der Waals surface area (Å²) in [6.45, 7) is 1.99. The Morgan fingerprint density at radius 3 is 2.36 bits per heavy atom. The molecule has 0 spiro atoms. The summed E-state index contributed by atoms with van der Waals surface area (Å²) in [5.41, 5.74) is 1.15. The molecule has 1 radical (unpaired) electrons. The van der Waals surface area contributed by atoms with E-state index in [9.17, 15) is 0 Å². The fourth-order valence-electron chi connectivity index (χ4n) is 0.575. The molecule has 1 aromatic heterocycles. The van der Waals surface area contributed by atoms with Crippen molar-refractivity contribution in [1.82, 2.24) is 4.98 Å². The fraction of sp³-hybridized carbons (Fsp3) is 0.250. The van der Waals surface area contributed by atoms with Gasteiger partial charge in [-0.2, -0.15) is 0 Å². The van der Waals surface area contributed by atoms with Crippen molar-refractivity contribution in [2.24, 2.45) is 0 Å². The van der Waals surface area contributed by atoms with Crippen LogP contribution in [-0.2, 0) is 18.6 Å². The van der Waals surface area contributed by atoms with Gasteiger partial charge in [0.2, 0.25) is 5.88 Å². The first-order chi connectivity index (χ1) is 4.33. The summed E-state index contributed by atoms with van der Waals surface area (Å²) < 4.78 is 4.86. The van der Waals surface area contributed by atoms with E-state index in [-0.39, 0.29) is 26.0 Å². The average Bonchev–Trinajstić information content (AvgIpc) is 1.90. The molecule has 0 atom stereocenters. The predicted octanol–water partition coefficient (Wildman–Crippen LogP) is 1.85. The van der Waals surface area contributed by atoms with E-state index >= 15 is 0 Å². The molecule has 0 amide bonds. The maximum Gasteiger partial charge on any atom is 0.212 e. The summed E-state index contributed by atoms with van der Waals surface area (Å²) in [4.78, 5) is 3.97. The molecule has 11 heavy (non-hydrogen) atoms. The summed E-state index contributed by atoms with van der Waals surface area (Å²) in [6.07, 6.45) is 1.78. The van der Waals surface area contributed by atoms with Crippen molar-refractivity contribution in [2.75, 3.05) is 7.11 Å². The van der Waals surface area contributed by atoms with Crippen LogP contribution in [0.5, 0.6) is 5.88 Å². The largest absolute Gasteiger partial charge is 0.481 e. The minimum Gasteiger partial charge on any atom is -0.481 e. The Kier molecular flexibility index (Phi) is 7.48. The van der Waals surface area contributed by atoms with E-state index < -0.39 is 0 Å². The van der Waals surface area contributed by atoms with Crippen molar-refractivity contribution in [3.8, 4) is 5.88 Å². The van der Waals surface area contributed by atoms with Gasteiger partial charge in [-0.1, -0.05) is 6.07 Å². The Morgan fingerprint density at radius 2 is 2.00 bits per heavy atom. The first kappa shape index (κ1) is 13.1. The molecule has 3 heteroatoms. The molecule has 0 aromatic carbocycles. The Hall–Kier alpha value is -0.466. The van der Waals surface area contributed by atoms with Crippen molar-refractivity contribution in [3.05, 3.63) is 31.3 Å². The summed E-state index contributed by atoms with van der Waals surface area (Å²) in [5.74, 6) is 0.667. The standard InChI is InChI=1S/C7H9NO.CH3.V/c1-6-3-4-7(9-2)8-5-6;;/h3-5H,1-2H3;1H3;/q;-1;. The first-order valence-electron chi connectivity index (χ1n) is 2.79. The molecular weight excluding hydrogens is 177 g/mol. The first-order valence-corrected chi connectivity index (χ1v) is 2.79. The molecule has 0 saturated carbocycles. The normalized spacial score (nSPS) is 7.45. The van der Waals surface area contributed by atoms with Crippen LogP contribution < -0.4 is 4.74 Å². The zero-order valence-corrected chi connectivity index (χ0v) is 8.43. The molecule has 1 heterocycles. The molecule has 1 rings (SSSR count). The third kappa shape index (κ3) is 4.07. The van der Waals surface area contributed by atoms with E-state index in [1.54, 1.807) is 13.3 Å². The number of aryl methyl sites for hydroxylation is 1. The number of rotatable bonds is 1. The van der Waals surface area contributed by atoms with E-state index in [4.69, 9.17) is 4.74 Å². The summed E-state index contributed by atoms with van der Waals surface area (Å²) >= 11 is 0. The summed E-state index contributed by atoms with van der Waals surface area (Å²) in [7, 11) is 1.61. The predicted molar refractivity (Wildman–Crippen MR) is 41.9 cm³/mol. The van der Waals surface area contributed by atoms with Crippen molar-refractivity contribution in [1.29, 1.82) is 0 Å². The van der Waals surface area contributed by atoms with Gasteiger partial charge in [-0.25, -0.2) is 4.98 Å². The van der Waals surface area contributed by atoms with Gasteiger partial charge in [0.05, 0.1) is 7.11 Å². The van der Waals surface area contributed by atoms with Gasteiger partial charge in [-0.3, -0.25) is 0 Å². The molecule has 0 unspecified atom stereocenters. The van der Waals surface area contributed by atoms with Gasteiger partial charge in [0.25, 0.3) is 0 Å². The van der Waals surface area contributed by atoms with Crippen molar-refractivity contribution in [2.45, 2.75) is 6.92 Å². The number of ether oxygens (including phenoxy) is 1. The minimum absolute atomic E-state index is 0. The van der Waals surface area contributed by atoms with Gasteiger partial charge in [0, 0.05) is 30.8 Å². The van der Waals surface area contributed by atoms with Gasteiger partial charge in [-0.05, 0) is 12.5 Å². The van der Waals surface area contributed by atoms with Crippen LogP contribution in [0.25, 0.3) is 0 Å². The Labute approximate surface area is 79.9 Å². The number of hydrogen-bond donors (Lipinski definition) is 0. The maximum atomic E-state index is 4.86. The van der Waals surface area contributed by atoms with Crippen LogP contribution in [0.2, 0.25) is 0 Å². The molecule has 2 nitrogen and oxygen atoms in total. The third-order valence-electron chi connectivity index (χ3n) is 1.09. The van der Waals surface area contributed by atoms with Gasteiger partial charge in [0.1, 0.15) is 0 Å². The minimum atomic E-state index is 0. The molecule has 0 aliphatic rings. The molecule has 0 bridgehead atoms. The van der Waals surface area contributed by atoms with Crippen LogP contribution in [-0.4, -0.2) is 12.1 Å². The van der Waals surface area contributed by atoms with Gasteiger partial charge < -0.3 is 12.2 Å². The second-order valence-corrected chi connectivity index (χ2v) is 1.88. The molecule has 0 N–H and O–H groups in total. The molecule has 0 fully saturated rings. The summed E-state index contributed by atoms with van der Waals surface area (Å²) in [6, 6.07) is 3.81. The topological polar surface area (TPSA) is 22.1 Å². The molecular formula is C8H12NOV-. The Bertz CT molecular complexity index is 186. The smallest absolute Gasteiger partial charge is 0.212 e. The van der Waals surface area contributed by atoms with E-state index in [1.165, 1.54) is 0 Å². The van der Waals surface area contributed by atoms with E-state index in [0.29, 0.717) is 5.88 Å². The van der Waals surface area contributed by atoms with Crippen molar-refractivity contribution in [3.63, 3.8) is 0 Å². The second-order valence-electron chi connectivity index (χ2n) is 1.88. The molecule has 1 aromatic rings. The SMILES string of the molecule is COc1ccc(C)cn1.[CH3-].[V]. The monoisotopic (exact) mass is 189 g/mol. The van der Waals surface area contributed by atoms with Crippen LogP contribution in [0, 0.1) is 14.4 Å². The third-order valence-corrected chi connectivity index (χ3v) is 1.09. The van der Waals surface area contributed by atoms with Crippen molar-refractivity contribution < 1.29 is 23.3 Å². The average molecular weight is 189 g/mol.